The van der Waals surface area contributed by atoms with Crippen molar-refractivity contribution in [3.63, 3.8) is 0 Å². The average Bonchev–Trinajstić information content (AvgIpc) is 3.31. The van der Waals surface area contributed by atoms with Crippen molar-refractivity contribution in [1.82, 2.24) is 14.9 Å². The van der Waals surface area contributed by atoms with Crippen molar-refractivity contribution in [1.29, 1.82) is 0 Å². The molecular weight excluding hydrogens is 581 g/mol. The zero-order chi connectivity index (χ0) is 32.3. The molecule has 4 rings (SSSR count). The van der Waals surface area contributed by atoms with Gasteiger partial charge in [-0.1, -0.05) is 61.9 Å². The molecule has 13 heteroatoms. The molecule has 0 spiro atoms. The molecule has 1 heterocycles. The highest BCUT2D eigenvalue weighted by Crippen LogP contribution is 2.31. The molecule has 0 aliphatic rings. The van der Waals surface area contributed by atoms with E-state index in [4.69, 9.17) is 24.7 Å². The molecule has 0 unspecified atom stereocenters. The summed E-state index contributed by atoms with van der Waals surface area (Å²) in [6.07, 6.45) is -1.86. The van der Waals surface area contributed by atoms with Crippen LogP contribution in [0.2, 0.25) is 0 Å². The Balaban J connectivity index is 0.000000676. The lowest BCUT2D eigenvalue weighted by Gasteiger charge is -2.12. The molecule has 0 fully saturated rings. The van der Waals surface area contributed by atoms with E-state index in [0.29, 0.717) is 30.1 Å². The second kappa shape index (κ2) is 15.2. The first-order valence-electron chi connectivity index (χ1n) is 13.5. The highest BCUT2D eigenvalue weighted by Gasteiger charge is 2.38. The summed E-state index contributed by atoms with van der Waals surface area (Å²) in [6.45, 7) is 6.76. The molecule has 10 nitrogen and oxygen atoms in total. The average molecular weight is 613 g/mol. The first kappa shape index (κ1) is 33.2. The van der Waals surface area contributed by atoms with Crippen molar-refractivity contribution >= 4 is 34.9 Å². The minimum absolute atomic E-state index is 0.292. The lowest BCUT2D eigenvalue weighted by Crippen LogP contribution is -2.28. The van der Waals surface area contributed by atoms with Crippen LogP contribution < -0.4 is 15.4 Å². The second-order valence-corrected chi connectivity index (χ2v) is 9.41. The van der Waals surface area contributed by atoms with Crippen molar-refractivity contribution in [2.75, 3.05) is 11.9 Å². The lowest BCUT2D eigenvalue weighted by molar-refractivity contribution is -0.192. The van der Waals surface area contributed by atoms with Gasteiger partial charge >= 0.3 is 24.3 Å². The summed E-state index contributed by atoms with van der Waals surface area (Å²) in [5, 5.41) is 21.8. The molecule has 0 bridgehead atoms. The third-order valence-electron chi connectivity index (χ3n) is 6.18. The number of urea groups is 1. The molecule has 44 heavy (non-hydrogen) atoms. The van der Waals surface area contributed by atoms with E-state index in [9.17, 15) is 22.8 Å². The van der Waals surface area contributed by atoms with E-state index in [1.165, 1.54) is 0 Å². The number of nitrogens with one attached hydrogen (secondary N) is 2. The minimum atomic E-state index is -5.08. The van der Waals surface area contributed by atoms with Crippen LogP contribution in [0.4, 0.5) is 28.4 Å². The minimum Gasteiger partial charge on any atom is -0.475 e. The largest absolute Gasteiger partial charge is 0.511 e. The Morgan fingerprint density at radius 2 is 1.73 bits per heavy atom. The maximum atomic E-state index is 12.1. The number of fused-ring (bicyclic) bond motifs is 1. The molecule has 4 N–H and O–H groups in total. The quantitative estimate of drug-likeness (QED) is 0.0851. The molecular formula is C31H31F3N4O6. The fraction of sp³-hybridized carbons (Fsp3) is 0.226. The maximum absolute atomic E-state index is 12.1. The number of carboxylic acid groups (broad SMARTS) is 2. The zero-order valence-corrected chi connectivity index (χ0v) is 23.7. The predicted molar refractivity (Wildman–Crippen MR) is 159 cm³/mol. The van der Waals surface area contributed by atoms with Crippen molar-refractivity contribution in [2.45, 2.75) is 38.9 Å². The van der Waals surface area contributed by atoms with E-state index < -0.39 is 18.3 Å². The Morgan fingerprint density at radius 3 is 2.34 bits per heavy atom. The highest BCUT2D eigenvalue weighted by molar-refractivity contribution is 5.92. The van der Waals surface area contributed by atoms with Gasteiger partial charge in [-0.3, -0.25) is 0 Å². The predicted octanol–water partition coefficient (Wildman–Crippen LogP) is 7.09. The molecule has 0 saturated carbocycles. The number of carbonyl (C=O) groups excluding carboxylic acids is 1. The topological polar surface area (TPSA) is 143 Å². The molecule has 4 aromatic rings. The molecule has 0 atom stereocenters. The number of para-hydroxylation sites is 1. The summed E-state index contributed by atoms with van der Waals surface area (Å²) in [6, 6.07) is 20.4. The Morgan fingerprint density at radius 1 is 1.05 bits per heavy atom. The van der Waals surface area contributed by atoms with Crippen LogP contribution in [0.5, 0.6) is 5.75 Å². The SMILES string of the molecule is C=CCNC(=O)Nc1ccc2nc(CCCC)n(Cc3ccc(-c4ccccc4OC(=O)O)cc3)c2c1.O=C(O)C(F)(F)F. The van der Waals surface area contributed by atoms with Gasteiger partial charge in [0.2, 0.25) is 0 Å². The van der Waals surface area contributed by atoms with E-state index in [2.05, 4.69) is 28.7 Å². The Kier molecular flexibility index (Phi) is 11.5. The van der Waals surface area contributed by atoms with Gasteiger partial charge in [0.15, 0.2) is 0 Å². The number of carboxylic acids is 1. The van der Waals surface area contributed by atoms with Gasteiger partial charge < -0.3 is 30.2 Å². The number of aliphatic carboxylic acids is 1. The van der Waals surface area contributed by atoms with E-state index in [1.54, 1.807) is 18.2 Å². The van der Waals surface area contributed by atoms with Gasteiger partial charge in [0.05, 0.1) is 11.0 Å². The fourth-order valence-corrected chi connectivity index (χ4v) is 4.15. The number of aromatic nitrogens is 2. The zero-order valence-electron chi connectivity index (χ0n) is 23.7. The molecule has 0 aliphatic carbocycles. The Bertz CT molecular complexity index is 1620. The summed E-state index contributed by atoms with van der Waals surface area (Å²) in [5.74, 6) is -1.47. The number of carbonyl (C=O) groups is 3. The molecule has 232 valence electrons. The van der Waals surface area contributed by atoms with E-state index >= 15 is 0 Å². The summed E-state index contributed by atoms with van der Waals surface area (Å²) >= 11 is 0. The van der Waals surface area contributed by atoms with Crippen molar-refractivity contribution in [3.05, 3.63) is 90.8 Å². The molecule has 3 aromatic carbocycles. The van der Waals surface area contributed by atoms with Crippen molar-refractivity contribution in [2.24, 2.45) is 0 Å². The van der Waals surface area contributed by atoms with Crippen LogP contribution in [0.25, 0.3) is 22.2 Å². The van der Waals surface area contributed by atoms with Gasteiger partial charge in [-0.2, -0.15) is 13.2 Å². The normalized spacial score (nSPS) is 10.8. The van der Waals surface area contributed by atoms with Crippen LogP contribution in [0.3, 0.4) is 0 Å². The standard InChI is InChI=1S/C29H30N4O4.C2HF3O2/c1-3-5-10-27-32-24-16-15-22(31-28(34)30-17-4-2)18-25(24)33(27)19-20-11-13-21(14-12-20)23-8-6-7-9-26(23)37-29(35)36;3-2(4,5)1(6)7/h4,6-9,11-16,18H,2-3,5,10,17,19H2,1H3,(H,35,36)(H2,30,31,34);(H,6,7). The number of anilines is 1. The number of imidazole rings is 1. The van der Waals surface area contributed by atoms with E-state index in [0.717, 1.165) is 47.2 Å². The molecule has 0 saturated heterocycles. The Hall–Kier alpha value is -5.33. The maximum Gasteiger partial charge on any atom is 0.511 e. The number of hydrogen-bond donors (Lipinski definition) is 4. The van der Waals surface area contributed by atoms with Crippen LogP contribution >= 0.6 is 0 Å². The smallest absolute Gasteiger partial charge is 0.475 e. The van der Waals surface area contributed by atoms with Crippen LogP contribution in [-0.4, -0.2) is 50.6 Å². The third-order valence-corrected chi connectivity index (χ3v) is 6.18. The third kappa shape index (κ3) is 9.34. The number of amides is 2. The van der Waals surface area contributed by atoms with Crippen LogP contribution in [-0.2, 0) is 17.8 Å². The molecule has 2 amide bonds. The van der Waals surface area contributed by atoms with Crippen LogP contribution in [0, 0.1) is 0 Å². The van der Waals surface area contributed by atoms with Crippen LogP contribution in [0.15, 0.2) is 79.4 Å². The fourth-order valence-electron chi connectivity index (χ4n) is 4.15. The number of unbranched alkanes of at least 4 members (excludes halogenated alkanes) is 1. The number of hydrogen-bond acceptors (Lipinski definition) is 5. The van der Waals surface area contributed by atoms with Gasteiger partial charge in [0.1, 0.15) is 11.6 Å². The van der Waals surface area contributed by atoms with E-state index in [1.807, 2.05) is 54.6 Å². The van der Waals surface area contributed by atoms with E-state index in [-0.39, 0.29) is 6.03 Å². The molecule has 0 aliphatic heterocycles. The summed E-state index contributed by atoms with van der Waals surface area (Å²) in [5.41, 5.74) is 5.14. The number of nitrogens with zero attached hydrogens (tertiary/aromatic N) is 2. The highest BCUT2D eigenvalue weighted by atomic mass is 19.4. The van der Waals surface area contributed by atoms with Gasteiger partial charge in [-0.25, -0.2) is 19.4 Å². The number of benzene rings is 3. The molecule has 0 radical (unpaired) electrons. The monoisotopic (exact) mass is 612 g/mol. The van der Waals surface area contributed by atoms with Gasteiger partial charge in [-0.15, -0.1) is 6.58 Å². The first-order valence-corrected chi connectivity index (χ1v) is 13.5. The van der Waals surface area contributed by atoms with Gasteiger partial charge in [0, 0.05) is 30.8 Å². The second-order valence-electron chi connectivity index (χ2n) is 9.41. The summed E-state index contributed by atoms with van der Waals surface area (Å²) in [4.78, 5) is 37.0. The number of ether oxygens (including phenoxy) is 1. The van der Waals surface area contributed by atoms with Gasteiger partial charge in [0.25, 0.3) is 0 Å². The summed E-state index contributed by atoms with van der Waals surface area (Å²) < 4.78 is 38.9. The number of alkyl halides is 3. The Labute approximate surface area is 250 Å². The lowest BCUT2D eigenvalue weighted by atomic mass is 10.0. The van der Waals surface area contributed by atoms with Crippen LogP contribution in [0.1, 0.15) is 31.2 Å². The van der Waals surface area contributed by atoms with Gasteiger partial charge in [-0.05, 0) is 41.8 Å². The first-order chi connectivity index (χ1) is 20.9. The molecule has 1 aromatic heterocycles. The number of halogens is 3. The van der Waals surface area contributed by atoms with Crippen molar-refractivity contribution < 1.29 is 42.5 Å². The number of rotatable bonds is 10. The number of aryl methyl sites for hydroxylation is 1. The van der Waals surface area contributed by atoms with Crippen molar-refractivity contribution in [3.8, 4) is 16.9 Å². The summed E-state index contributed by atoms with van der Waals surface area (Å²) in [7, 11) is 0.